The summed E-state index contributed by atoms with van der Waals surface area (Å²) < 4.78 is 12.3. The third-order valence-corrected chi connectivity index (χ3v) is 5.15. The van der Waals surface area contributed by atoms with Crippen LogP contribution in [-0.2, 0) is 15.8 Å². The molecule has 10 heteroatoms. The van der Waals surface area contributed by atoms with E-state index in [9.17, 15) is 15.1 Å². The lowest BCUT2D eigenvalue weighted by Gasteiger charge is -2.26. The summed E-state index contributed by atoms with van der Waals surface area (Å²) in [5, 5.41) is 26.9. The highest BCUT2D eigenvalue weighted by atomic mass is 16.5. The summed E-state index contributed by atoms with van der Waals surface area (Å²) >= 11 is 0. The minimum absolute atomic E-state index is 0.239. The summed E-state index contributed by atoms with van der Waals surface area (Å²) in [7, 11) is -0.924. The number of primary amides is 1. The third kappa shape index (κ3) is 3.47. The zero-order chi connectivity index (χ0) is 19.7. The van der Waals surface area contributed by atoms with Crippen LogP contribution in [0.2, 0.25) is 0 Å². The van der Waals surface area contributed by atoms with Crippen molar-refractivity contribution in [2.24, 2.45) is 11.7 Å². The molecule has 2 aliphatic rings. The molecule has 0 bridgehead atoms. The number of carbonyl (C=O) groups excluding carboxylic acids is 1. The molecule has 0 saturated carbocycles. The number of hydrogen-bond acceptors (Lipinski definition) is 7. The molecular formula is C18H20BN5O4. The van der Waals surface area contributed by atoms with Crippen LogP contribution in [0, 0.1) is 17.2 Å². The number of nitrogens with two attached hydrogens (primary N) is 1. The Morgan fingerprint density at radius 3 is 3.11 bits per heavy atom. The van der Waals surface area contributed by atoms with Crippen molar-refractivity contribution in [3.8, 4) is 6.07 Å². The second-order valence-corrected chi connectivity index (χ2v) is 6.91. The number of aromatic nitrogens is 2. The van der Waals surface area contributed by atoms with Gasteiger partial charge in [-0.25, -0.2) is 0 Å². The first-order valence-corrected chi connectivity index (χ1v) is 9.12. The van der Waals surface area contributed by atoms with Gasteiger partial charge in [0.25, 0.3) is 5.91 Å². The third-order valence-electron chi connectivity index (χ3n) is 5.15. The molecule has 1 aromatic heterocycles. The van der Waals surface area contributed by atoms with Gasteiger partial charge in [0.05, 0.1) is 24.6 Å². The molecule has 1 saturated heterocycles. The number of anilines is 2. The Balaban J connectivity index is 1.63. The number of fused-ring (bicyclic) bond motifs is 1. The van der Waals surface area contributed by atoms with Crippen LogP contribution >= 0.6 is 0 Å². The first-order chi connectivity index (χ1) is 13.6. The first kappa shape index (κ1) is 18.5. The number of carbonyl (C=O) groups is 1. The van der Waals surface area contributed by atoms with Crippen molar-refractivity contribution in [2.75, 3.05) is 25.1 Å². The highest BCUT2D eigenvalue weighted by Crippen LogP contribution is 2.28. The Morgan fingerprint density at radius 1 is 1.46 bits per heavy atom. The van der Waals surface area contributed by atoms with Gasteiger partial charge in [0.15, 0.2) is 5.82 Å². The Kier molecular flexibility index (Phi) is 5.04. The Labute approximate surface area is 162 Å². The second kappa shape index (κ2) is 7.63. The molecule has 0 radical (unpaired) electrons. The fourth-order valence-electron chi connectivity index (χ4n) is 3.62. The maximum absolute atomic E-state index is 11.9. The molecule has 2 aromatic rings. The number of ether oxygens (including phenoxy) is 1. The lowest BCUT2D eigenvalue weighted by Crippen LogP contribution is -2.41. The van der Waals surface area contributed by atoms with Crippen LogP contribution < -0.4 is 16.5 Å². The maximum atomic E-state index is 11.9. The summed E-state index contributed by atoms with van der Waals surface area (Å²) in [5.41, 5.74) is 8.19. The van der Waals surface area contributed by atoms with Gasteiger partial charge in [0.1, 0.15) is 5.56 Å². The Morgan fingerprint density at radius 2 is 2.32 bits per heavy atom. The van der Waals surface area contributed by atoms with Gasteiger partial charge in [-0.3, -0.25) is 9.48 Å². The Bertz CT molecular complexity index is 941. The van der Waals surface area contributed by atoms with Crippen LogP contribution in [0.5, 0.6) is 0 Å². The SMILES string of the molecule is N#CC1CCOC[C@@H]1n1cc(C(N)=O)c(Nc2ccc3c(c2)CCOB3O)n1. The largest absolute Gasteiger partial charge is 0.491 e. The van der Waals surface area contributed by atoms with Gasteiger partial charge in [-0.2, -0.15) is 10.4 Å². The van der Waals surface area contributed by atoms with Crippen molar-refractivity contribution in [1.82, 2.24) is 9.78 Å². The minimum Gasteiger partial charge on any atom is -0.423 e. The van der Waals surface area contributed by atoms with Gasteiger partial charge >= 0.3 is 7.12 Å². The summed E-state index contributed by atoms with van der Waals surface area (Å²) in [5.74, 6) is -0.532. The predicted octanol–water partition coefficient (Wildman–Crippen LogP) is 0.0870. The van der Waals surface area contributed by atoms with Gasteiger partial charge in [-0.1, -0.05) is 6.07 Å². The maximum Gasteiger partial charge on any atom is 0.491 e. The second-order valence-electron chi connectivity index (χ2n) is 6.91. The van der Waals surface area contributed by atoms with Crippen molar-refractivity contribution in [3.63, 3.8) is 0 Å². The first-order valence-electron chi connectivity index (χ1n) is 9.12. The molecule has 2 aliphatic heterocycles. The van der Waals surface area contributed by atoms with Gasteiger partial charge < -0.3 is 25.5 Å². The number of hydrogen-bond donors (Lipinski definition) is 3. The van der Waals surface area contributed by atoms with Crippen molar-refractivity contribution in [1.29, 1.82) is 5.26 Å². The topological polar surface area (TPSA) is 135 Å². The molecule has 1 fully saturated rings. The molecule has 0 aliphatic carbocycles. The average molecular weight is 381 g/mol. The van der Waals surface area contributed by atoms with E-state index in [4.69, 9.17) is 15.1 Å². The quantitative estimate of drug-likeness (QED) is 0.639. The summed E-state index contributed by atoms with van der Waals surface area (Å²) in [6.07, 6.45) is 2.86. The van der Waals surface area contributed by atoms with Crippen molar-refractivity contribution in [2.45, 2.75) is 18.9 Å². The monoisotopic (exact) mass is 381 g/mol. The molecule has 1 unspecified atom stereocenters. The molecule has 4 N–H and O–H groups in total. The molecule has 28 heavy (non-hydrogen) atoms. The zero-order valence-corrected chi connectivity index (χ0v) is 15.2. The van der Waals surface area contributed by atoms with Crippen LogP contribution in [-0.4, -0.2) is 47.7 Å². The lowest BCUT2D eigenvalue weighted by atomic mass is 9.73. The molecule has 1 amide bonds. The molecule has 4 rings (SSSR count). The van der Waals surface area contributed by atoms with Crippen LogP contribution in [0.1, 0.15) is 28.4 Å². The summed E-state index contributed by atoms with van der Waals surface area (Å²) in [6, 6.07) is 7.47. The zero-order valence-electron chi connectivity index (χ0n) is 15.2. The van der Waals surface area contributed by atoms with E-state index in [2.05, 4.69) is 16.5 Å². The fraction of sp³-hybridized carbons (Fsp3) is 0.389. The van der Waals surface area contributed by atoms with E-state index < -0.39 is 13.0 Å². The molecule has 3 heterocycles. The van der Waals surface area contributed by atoms with Crippen molar-refractivity contribution >= 4 is 30.0 Å². The lowest BCUT2D eigenvalue weighted by molar-refractivity contribution is 0.0342. The van der Waals surface area contributed by atoms with E-state index in [0.717, 1.165) is 16.7 Å². The molecule has 0 spiro atoms. The number of amides is 1. The van der Waals surface area contributed by atoms with E-state index in [0.29, 0.717) is 38.5 Å². The standard InChI is InChI=1S/C18H20BN5O4/c20-8-12-3-5-27-10-16(12)24-9-14(17(21)25)18(23-24)22-13-1-2-15-11(7-13)4-6-28-19(15)26/h1-2,7,9,12,16,26H,3-6,10H2,(H2,21,25)(H,22,23)/t12?,16-/m0/s1. The highest BCUT2D eigenvalue weighted by molar-refractivity contribution is 6.60. The van der Waals surface area contributed by atoms with Gasteiger partial charge in [0, 0.05) is 25.1 Å². The van der Waals surface area contributed by atoms with Gasteiger partial charge in [-0.15, -0.1) is 0 Å². The van der Waals surface area contributed by atoms with E-state index in [1.165, 1.54) is 0 Å². The van der Waals surface area contributed by atoms with Crippen LogP contribution in [0.15, 0.2) is 24.4 Å². The van der Waals surface area contributed by atoms with E-state index >= 15 is 0 Å². The van der Waals surface area contributed by atoms with Crippen molar-refractivity contribution < 1.29 is 19.2 Å². The molecule has 2 atom stereocenters. The Hall–Kier alpha value is -2.87. The number of nitriles is 1. The summed E-state index contributed by atoms with van der Waals surface area (Å²) in [6.45, 7) is 1.33. The number of rotatable bonds is 4. The molecule has 9 nitrogen and oxygen atoms in total. The van der Waals surface area contributed by atoms with Crippen LogP contribution in [0.3, 0.4) is 0 Å². The van der Waals surface area contributed by atoms with E-state index in [1.807, 2.05) is 6.07 Å². The van der Waals surface area contributed by atoms with E-state index in [1.54, 1.807) is 23.0 Å². The summed E-state index contributed by atoms with van der Waals surface area (Å²) in [4.78, 5) is 11.9. The van der Waals surface area contributed by atoms with Gasteiger partial charge in [-0.05, 0) is 36.0 Å². The molecule has 144 valence electrons. The predicted molar refractivity (Wildman–Crippen MR) is 101 cm³/mol. The van der Waals surface area contributed by atoms with E-state index in [-0.39, 0.29) is 17.5 Å². The van der Waals surface area contributed by atoms with Crippen LogP contribution in [0.25, 0.3) is 0 Å². The number of benzene rings is 1. The molecular weight excluding hydrogens is 361 g/mol. The van der Waals surface area contributed by atoms with Crippen molar-refractivity contribution in [3.05, 3.63) is 35.5 Å². The molecule has 1 aromatic carbocycles. The normalized spacial score (nSPS) is 21.6. The smallest absolute Gasteiger partial charge is 0.423 e. The van der Waals surface area contributed by atoms with Gasteiger partial charge in [0.2, 0.25) is 0 Å². The number of nitrogens with one attached hydrogen (secondary N) is 1. The van der Waals surface area contributed by atoms with Crippen LogP contribution in [0.4, 0.5) is 11.5 Å². The average Bonchev–Trinajstić information content (AvgIpc) is 3.12. The number of nitrogens with zero attached hydrogens (tertiary/aromatic N) is 3. The highest BCUT2D eigenvalue weighted by Gasteiger charge is 2.30. The minimum atomic E-state index is -0.924. The fourth-order valence-corrected chi connectivity index (χ4v) is 3.62.